The summed E-state index contributed by atoms with van der Waals surface area (Å²) in [7, 11) is -1.76. The van der Waals surface area contributed by atoms with Crippen LogP contribution in [0.2, 0.25) is 0 Å². The van der Waals surface area contributed by atoms with Crippen LogP contribution in [-0.2, 0) is 15.0 Å². The minimum Gasteiger partial charge on any atom is -0.339 e. The van der Waals surface area contributed by atoms with Gasteiger partial charge in [-0.25, -0.2) is 0 Å². The maximum atomic E-state index is 12.9. The van der Waals surface area contributed by atoms with E-state index in [2.05, 4.69) is 0 Å². The standard InChI is InChI=1S/C16H32N4O3S2.ClH/c1-18(14-6-4-3-5-7-14)25(22,23)20-11-9-19(10-12-20)16(21)15(17)8-13-24-2;/h14-15H,3-13,17H2,1-2H3;1H. The Hall–Kier alpha value is -0.0600. The smallest absolute Gasteiger partial charge is 0.282 e. The zero-order valence-electron chi connectivity index (χ0n) is 15.8. The van der Waals surface area contributed by atoms with Crippen LogP contribution in [0, 0.1) is 0 Å². The first kappa shape index (κ1) is 24.0. The molecule has 0 aromatic carbocycles. The van der Waals surface area contributed by atoms with Crippen LogP contribution in [0.1, 0.15) is 38.5 Å². The third-order valence-corrected chi connectivity index (χ3v) is 7.97. The summed E-state index contributed by atoms with van der Waals surface area (Å²) in [6.07, 6.45) is 7.92. The summed E-state index contributed by atoms with van der Waals surface area (Å²) in [5, 5.41) is 0. The molecule has 1 heterocycles. The van der Waals surface area contributed by atoms with E-state index in [1.54, 1.807) is 28.0 Å². The number of halogens is 1. The van der Waals surface area contributed by atoms with Crippen molar-refractivity contribution in [2.24, 2.45) is 5.73 Å². The molecule has 1 amide bonds. The number of piperazine rings is 1. The van der Waals surface area contributed by atoms with Gasteiger partial charge in [-0.1, -0.05) is 19.3 Å². The maximum absolute atomic E-state index is 12.9. The number of carbonyl (C=O) groups is 1. The second kappa shape index (κ2) is 11.1. The highest BCUT2D eigenvalue weighted by Gasteiger charge is 2.35. The molecule has 7 nitrogen and oxygen atoms in total. The number of nitrogens with two attached hydrogens (primary N) is 1. The topological polar surface area (TPSA) is 87.0 Å². The van der Waals surface area contributed by atoms with Crippen LogP contribution in [0.3, 0.4) is 0 Å². The maximum Gasteiger partial charge on any atom is 0.282 e. The highest BCUT2D eigenvalue weighted by atomic mass is 35.5. The SMILES string of the molecule is CSCCC(N)C(=O)N1CCN(S(=O)(=O)N(C)C2CCCCC2)CC1.Cl. The summed E-state index contributed by atoms with van der Waals surface area (Å²) in [6.45, 7) is 1.54. The summed E-state index contributed by atoms with van der Waals surface area (Å²) in [4.78, 5) is 14.1. The lowest BCUT2D eigenvalue weighted by atomic mass is 9.96. The first-order valence-electron chi connectivity index (χ1n) is 9.14. The molecule has 2 aliphatic rings. The van der Waals surface area contributed by atoms with Gasteiger partial charge in [-0.3, -0.25) is 4.79 Å². The zero-order valence-corrected chi connectivity index (χ0v) is 18.3. The normalized spacial score (nSPS) is 21.5. The Morgan fingerprint density at radius 2 is 1.77 bits per heavy atom. The minimum atomic E-state index is -3.45. The molecule has 1 saturated heterocycles. The van der Waals surface area contributed by atoms with Crippen molar-refractivity contribution in [1.82, 2.24) is 13.5 Å². The average Bonchev–Trinajstić information content (AvgIpc) is 2.65. The molecule has 26 heavy (non-hydrogen) atoms. The summed E-state index contributed by atoms with van der Waals surface area (Å²) in [5.41, 5.74) is 5.96. The summed E-state index contributed by atoms with van der Waals surface area (Å²) < 4.78 is 28.8. The van der Waals surface area contributed by atoms with Crippen LogP contribution >= 0.6 is 24.2 Å². The third-order valence-electron chi connectivity index (χ3n) is 5.28. The molecule has 0 aromatic rings. The van der Waals surface area contributed by atoms with Crippen molar-refractivity contribution >= 4 is 40.3 Å². The Labute approximate surface area is 168 Å². The van der Waals surface area contributed by atoms with Gasteiger partial charge in [-0.2, -0.15) is 28.8 Å². The van der Waals surface area contributed by atoms with E-state index < -0.39 is 16.3 Å². The van der Waals surface area contributed by atoms with Crippen LogP contribution in [0.15, 0.2) is 0 Å². The van der Waals surface area contributed by atoms with Crippen molar-refractivity contribution in [2.75, 3.05) is 45.2 Å². The Morgan fingerprint density at radius 1 is 1.19 bits per heavy atom. The van der Waals surface area contributed by atoms with E-state index in [0.29, 0.717) is 32.6 Å². The van der Waals surface area contributed by atoms with Crippen molar-refractivity contribution in [3.63, 3.8) is 0 Å². The Balaban J connectivity index is 0.00000338. The lowest BCUT2D eigenvalue weighted by molar-refractivity contribution is -0.133. The van der Waals surface area contributed by atoms with E-state index in [-0.39, 0.29) is 24.4 Å². The van der Waals surface area contributed by atoms with Gasteiger partial charge in [0.15, 0.2) is 0 Å². The molecular weight excluding hydrogens is 396 g/mol. The van der Waals surface area contributed by atoms with Crippen molar-refractivity contribution in [2.45, 2.75) is 50.6 Å². The Kier molecular flexibility index (Phi) is 10.2. The molecule has 0 aromatic heterocycles. The predicted octanol–water partition coefficient (Wildman–Crippen LogP) is 1.14. The number of carbonyl (C=O) groups excluding carboxylic acids is 1. The summed E-state index contributed by atoms with van der Waals surface area (Å²) >= 11 is 1.67. The van der Waals surface area contributed by atoms with Crippen LogP contribution in [0.4, 0.5) is 0 Å². The average molecular weight is 429 g/mol. The first-order chi connectivity index (χ1) is 11.9. The van der Waals surface area contributed by atoms with Crippen LogP contribution in [-0.4, -0.2) is 85.2 Å². The quantitative estimate of drug-likeness (QED) is 0.657. The molecule has 10 heteroatoms. The van der Waals surface area contributed by atoms with Gasteiger partial charge in [-0.05, 0) is 31.3 Å². The molecule has 1 aliphatic carbocycles. The molecule has 1 atom stereocenters. The van der Waals surface area contributed by atoms with Gasteiger partial charge in [-0.15, -0.1) is 12.4 Å². The molecule has 1 unspecified atom stereocenters. The zero-order chi connectivity index (χ0) is 18.4. The van der Waals surface area contributed by atoms with E-state index >= 15 is 0 Å². The van der Waals surface area contributed by atoms with E-state index in [1.807, 2.05) is 6.26 Å². The molecule has 2 N–H and O–H groups in total. The predicted molar refractivity (Wildman–Crippen MR) is 110 cm³/mol. The number of nitrogens with zero attached hydrogens (tertiary/aromatic N) is 3. The second-order valence-corrected chi connectivity index (χ2v) is 9.90. The Bertz CT molecular complexity index is 536. The van der Waals surface area contributed by atoms with E-state index in [1.165, 1.54) is 10.7 Å². The van der Waals surface area contributed by atoms with Gasteiger partial charge in [0.05, 0.1) is 6.04 Å². The third kappa shape index (κ3) is 5.97. The number of thioether (sulfide) groups is 1. The largest absolute Gasteiger partial charge is 0.339 e. The van der Waals surface area contributed by atoms with Gasteiger partial charge in [0.2, 0.25) is 5.91 Å². The second-order valence-electron chi connectivity index (χ2n) is 6.93. The number of rotatable bonds is 7. The summed E-state index contributed by atoms with van der Waals surface area (Å²) in [5.74, 6) is 0.791. The minimum absolute atomic E-state index is 0. The number of hydrogen-bond donors (Lipinski definition) is 1. The number of amides is 1. The fourth-order valence-corrected chi connectivity index (χ4v) is 5.62. The number of hydrogen-bond acceptors (Lipinski definition) is 5. The lowest BCUT2D eigenvalue weighted by Gasteiger charge is -2.39. The van der Waals surface area contributed by atoms with Gasteiger partial charge in [0, 0.05) is 39.3 Å². The Morgan fingerprint density at radius 3 is 2.31 bits per heavy atom. The van der Waals surface area contributed by atoms with E-state index in [4.69, 9.17) is 5.73 Å². The molecular formula is C16H33ClN4O3S2. The van der Waals surface area contributed by atoms with Crippen molar-refractivity contribution in [3.05, 3.63) is 0 Å². The highest BCUT2D eigenvalue weighted by molar-refractivity contribution is 7.98. The summed E-state index contributed by atoms with van der Waals surface area (Å²) in [6, 6.07) is -0.376. The van der Waals surface area contributed by atoms with E-state index in [9.17, 15) is 13.2 Å². The first-order valence-corrected chi connectivity index (χ1v) is 11.9. The van der Waals surface area contributed by atoms with Crippen LogP contribution in [0.5, 0.6) is 0 Å². The molecule has 2 fully saturated rings. The van der Waals surface area contributed by atoms with E-state index in [0.717, 1.165) is 31.4 Å². The fraction of sp³-hybridized carbons (Fsp3) is 0.938. The molecule has 0 spiro atoms. The van der Waals surface area contributed by atoms with Crippen molar-refractivity contribution in [3.8, 4) is 0 Å². The molecule has 1 saturated carbocycles. The molecule has 0 radical (unpaired) electrons. The highest BCUT2D eigenvalue weighted by Crippen LogP contribution is 2.25. The van der Waals surface area contributed by atoms with Crippen molar-refractivity contribution < 1.29 is 13.2 Å². The van der Waals surface area contributed by atoms with Gasteiger partial charge in [0.25, 0.3) is 10.2 Å². The lowest BCUT2D eigenvalue weighted by Crippen LogP contribution is -2.57. The van der Waals surface area contributed by atoms with Gasteiger partial charge >= 0.3 is 0 Å². The molecule has 2 rings (SSSR count). The fourth-order valence-electron chi connectivity index (χ4n) is 3.56. The van der Waals surface area contributed by atoms with Crippen molar-refractivity contribution in [1.29, 1.82) is 0 Å². The monoisotopic (exact) mass is 428 g/mol. The van der Waals surface area contributed by atoms with Crippen LogP contribution < -0.4 is 5.73 Å². The molecule has 154 valence electrons. The van der Waals surface area contributed by atoms with Gasteiger partial charge < -0.3 is 10.6 Å². The van der Waals surface area contributed by atoms with Crippen LogP contribution in [0.25, 0.3) is 0 Å². The molecule has 0 bridgehead atoms. The van der Waals surface area contributed by atoms with Gasteiger partial charge in [0.1, 0.15) is 0 Å². The molecule has 1 aliphatic heterocycles.